The van der Waals surface area contributed by atoms with E-state index in [0.29, 0.717) is 6.61 Å². The molecular weight excluding hydrogens is 242 g/mol. The highest BCUT2D eigenvalue weighted by atomic mass is 16.5. The minimum Gasteiger partial charge on any atom is -0.492 e. The predicted molar refractivity (Wildman–Crippen MR) is 72.5 cm³/mol. The normalized spacial score (nSPS) is 23.3. The van der Waals surface area contributed by atoms with Crippen LogP contribution >= 0.6 is 0 Å². The Morgan fingerprint density at radius 1 is 1.32 bits per heavy atom. The molecule has 4 nitrogen and oxygen atoms in total. The summed E-state index contributed by atoms with van der Waals surface area (Å²) in [5, 5.41) is 9.76. The molecule has 1 fully saturated rings. The van der Waals surface area contributed by atoms with E-state index in [-0.39, 0.29) is 6.10 Å². The first-order valence-electron chi connectivity index (χ1n) is 7.07. The van der Waals surface area contributed by atoms with Gasteiger partial charge in [0.15, 0.2) is 0 Å². The van der Waals surface area contributed by atoms with Crippen LogP contribution in [0.25, 0.3) is 0 Å². The Morgan fingerprint density at radius 2 is 2.16 bits per heavy atom. The van der Waals surface area contributed by atoms with Crippen LogP contribution < -0.4 is 4.74 Å². The molecule has 0 bridgehead atoms. The number of aliphatic hydroxyl groups is 1. The van der Waals surface area contributed by atoms with Gasteiger partial charge in [0, 0.05) is 19.6 Å². The molecular formula is C15H21NO3. The molecule has 0 aromatic heterocycles. The number of ether oxygens (including phenoxy) is 2. The molecule has 1 aliphatic carbocycles. The molecule has 2 aliphatic rings. The van der Waals surface area contributed by atoms with Crippen LogP contribution in [0.2, 0.25) is 0 Å². The number of rotatable bonds is 4. The summed E-state index contributed by atoms with van der Waals surface area (Å²) in [5.41, 5.74) is 2.30. The SMILES string of the molecule is OC1CCc2cc(OCCN3CCOCC3)ccc21. The molecule has 1 aliphatic heterocycles. The minimum atomic E-state index is -0.280. The van der Waals surface area contributed by atoms with Crippen LogP contribution in [-0.2, 0) is 11.2 Å². The quantitative estimate of drug-likeness (QED) is 0.891. The molecule has 4 heteroatoms. The van der Waals surface area contributed by atoms with Gasteiger partial charge in [-0.05, 0) is 36.1 Å². The molecule has 1 aromatic rings. The molecule has 1 heterocycles. The third kappa shape index (κ3) is 3.08. The van der Waals surface area contributed by atoms with Crippen LogP contribution in [0.3, 0.4) is 0 Å². The van der Waals surface area contributed by atoms with Crippen molar-refractivity contribution in [3.63, 3.8) is 0 Å². The van der Waals surface area contributed by atoms with Gasteiger partial charge in [0.2, 0.25) is 0 Å². The van der Waals surface area contributed by atoms with Gasteiger partial charge in [0.05, 0.1) is 19.3 Å². The zero-order valence-electron chi connectivity index (χ0n) is 11.2. The van der Waals surface area contributed by atoms with Crippen molar-refractivity contribution in [1.82, 2.24) is 4.90 Å². The van der Waals surface area contributed by atoms with Gasteiger partial charge in [-0.3, -0.25) is 4.90 Å². The molecule has 1 aromatic carbocycles. The van der Waals surface area contributed by atoms with Gasteiger partial charge in [0.25, 0.3) is 0 Å². The summed E-state index contributed by atoms with van der Waals surface area (Å²) >= 11 is 0. The van der Waals surface area contributed by atoms with Gasteiger partial charge in [-0.1, -0.05) is 6.07 Å². The first-order chi connectivity index (χ1) is 9.33. The number of benzene rings is 1. The van der Waals surface area contributed by atoms with Crippen LogP contribution in [0, 0.1) is 0 Å². The Hall–Kier alpha value is -1.10. The van der Waals surface area contributed by atoms with E-state index in [4.69, 9.17) is 9.47 Å². The summed E-state index contributed by atoms with van der Waals surface area (Å²) in [5.74, 6) is 0.918. The Balaban J connectivity index is 1.50. The first-order valence-corrected chi connectivity index (χ1v) is 7.07. The molecule has 0 amide bonds. The van der Waals surface area contributed by atoms with Gasteiger partial charge < -0.3 is 14.6 Å². The highest BCUT2D eigenvalue weighted by Crippen LogP contribution is 2.33. The Kier molecular flexibility index (Phi) is 4.01. The lowest BCUT2D eigenvalue weighted by Crippen LogP contribution is -2.38. The number of aryl methyl sites for hydroxylation is 1. The molecule has 1 unspecified atom stereocenters. The van der Waals surface area contributed by atoms with Crippen molar-refractivity contribution in [3.05, 3.63) is 29.3 Å². The Labute approximate surface area is 113 Å². The summed E-state index contributed by atoms with van der Waals surface area (Å²) in [7, 11) is 0. The number of hydrogen-bond acceptors (Lipinski definition) is 4. The van der Waals surface area contributed by atoms with E-state index in [0.717, 1.165) is 57.0 Å². The van der Waals surface area contributed by atoms with E-state index in [1.165, 1.54) is 5.56 Å². The molecule has 19 heavy (non-hydrogen) atoms. The average molecular weight is 263 g/mol. The van der Waals surface area contributed by atoms with Crippen LogP contribution in [0.1, 0.15) is 23.7 Å². The second-order valence-corrected chi connectivity index (χ2v) is 5.22. The maximum atomic E-state index is 9.76. The van der Waals surface area contributed by atoms with Crippen molar-refractivity contribution in [1.29, 1.82) is 0 Å². The van der Waals surface area contributed by atoms with E-state index in [1.807, 2.05) is 12.1 Å². The summed E-state index contributed by atoms with van der Waals surface area (Å²) in [4.78, 5) is 2.36. The fraction of sp³-hybridized carbons (Fsp3) is 0.600. The fourth-order valence-electron chi connectivity index (χ4n) is 2.78. The van der Waals surface area contributed by atoms with E-state index < -0.39 is 0 Å². The van der Waals surface area contributed by atoms with Crippen LogP contribution in [-0.4, -0.2) is 49.5 Å². The van der Waals surface area contributed by atoms with E-state index >= 15 is 0 Å². The maximum absolute atomic E-state index is 9.76. The van der Waals surface area contributed by atoms with Gasteiger partial charge in [-0.15, -0.1) is 0 Å². The second-order valence-electron chi connectivity index (χ2n) is 5.22. The molecule has 104 valence electrons. The van der Waals surface area contributed by atoms with Gasteiger partial charge in [-0.25, -0.2) is 0 Å². The summed E-state index contributed by atoms with van der Waals surface area (Å²) < 4.78 is 11.1. The zero-order valence-corrected chi connectivity index (χ0v) is 11.2. The van der Waals surface area contributed by atoms with Crippen LogP contribution in [0.5, 0.6) is 5.75 Å². The highest BCUT2D eigenvalue weighted by molar-refractivity contribution is 5.39. The lowest BCUT2D eigenvalue weighted by Gasteiger charge is -2.26. The fourth-order valence-corrected chi connectivity index (χ4v) is 2.78. The predicted octanol–water partition coefficient (Wildman–Crippen LogP) is 1.38. The van der Waals surface area contributed by atoms with Crippen LogP contribution in [0.4, 0.5) is 0 Å². The van der Waals surface area contributed by atoms with E-state index in [2.05, 4.69) is 11.0 Å². The van der Waals surface area contributed by atoms with Gasteiger partial charge >= 0.3 is 0 Å². The summed E-state index contributed by atoms with van der Waals surface area (Å²) in [6.45, 7) is 5.32. The first kappa shape index (κ1) is 12.9. The average Bonchev–Trinajstić information content (AvgIpc) is 2.81. The topological polar surface area (TPSA) is 41.9 Å². The highest BCUT2D eigenvalue weighted by Gasteiger charge is 2.20. The molecule has 1 saturated heterocycles. The Bertz CT molecular complexity index is 429. The lowest BCUT2D eigenvalue weighted by atomic mass is 10.1. The number of nitrogens with zero attached hydrogens (tertiary/aromatic N) is 1. The number of fused-ring (bicyclic) bond motifs is 1. The second kappa shape index (κ2) is 5.90. The standard InChI is InChI=1S/C15H21NO3/c17-15-4-1-12-11-13(2-3-14(12)15)19-10-7-16-5-8-18-9-6-16/h2-3,11,15,17H,1,4-10H2. The zero-order chi connectivity index (χ0) is 13.1. The third-order valence-electron chi connectivity index (χ3n) is 3.94. The largest absolute Gasteiger partial charge is 0.492 e. The number of morpholine rings is 1. The van der Waals surface area contributed by atoms with Crippen molar-refractivity contribution in [2.24, 2.45) is 0 Å². The number of aliphatic hydroxyl groups excluding tert-OH is 1. The minimum absolute atomic E-state index is 0.280. The molecule has 1 N–H and O–H groups in total. The van der Waals surface area contributed by atoms with Crippen molar-refractivity contribution in [3.8, 4) is 5.75 Å². The molecule has 0 spiro atoms. The monoisotopic (exact) mass is 263 g/mol. The Morgan fingerprint density at radius 3 is 3.00 bits per heavy atom. The molecule has 0 radical (unpaired) electrons. The lowest BCUT2D eigenvalue weighted by molar-refractivity contribution is 0.0322. The van der Waals surface area contributed by atoms with E-state index in [9.17, 15) is 5.11 Å². The summed E-state index contributed by atoms with van der Waals surface area (Å²) in [6.07, 6.45) is 1.52. The van der Waals surface area contributed by atoms with E-state index in [1.54, 1.807) is 0 Å². The smallest absolute Gasteiger partial charge is 0.119 e. The molecule has 3 rings (SSSR count). The van der Waals surface area contributed by atoms with Crippen molar-refractivity contribution in [2.45, 2.75) is 18.9 Å². The van der Waals surface area contributed by atoms with Gasteiger partial charge in [0.1, 0.15) is 12.4 Å². The van der Waals surface area contributed by atoms with Crippen molar-refractivity contribution < 1.29 is 14.6 Å². The van der Waals surface area contributed by atoms with Crippen molar-refractivity contribution >= 4 is 0 Å². The molecule has 1 atom stereocenters. The van der Waals surface area contributed by atoms with Crippen LogP contribution in [0.15, 0.2) is 18.2 Å². The summed E-state index contributed by atoms with van der Waals surface area (Å²) in [6, 6.07) is 6.04. The maximum Gasteiger partial charge on any atom is 0.119 e. The number of hydrogen-bond donors (Lipinski definition) is 1. The third-order valence-corrected chi connectivity index (χ3v) is 3.94. The van der Waals surface area contributed by atoms with Crippen molar-refractivity contribution in [2.75, 3.05) is 39.5 Å². The molecule has 0 saturated carbocycles. The van der Waals surface area contributed by atoms with Gasteiger partial charge in [-0.2, -0.15) is 0 Å².